The molecule has 0 aliphatic carbocycles. The van der Waals surface area contributed by atoms with Crippen molar-refractivity contribution in [1.29, 1.82) is 0 Å². The zero-order valence-electron chi connectivity index (χ0n) is 11.8. The van der Waals surface area contributed by atoms with Crippen molar-refractivity contribution in [3.63, 3.8) is 0 Å². The van der Waals surface area contributed by atoms with Gasteiger partial charge < -0.3 is 20.5 Å². The van der Waals surface area contributed by atoms with Crippen molar-refractivity contribution < 1.29 is 14.6 Å². The monoisotopic (exact) mass is 248 g/mol. The van der Waals surface area contributed by atoms with Crippen LogP contribution in [0.5, 0.6) is 0 Å². The standard InChI is InChI=1S/C10H22N2O3.C2H6/c1-10(2,3)15-9(14)12(7-5-11)6-4-8-13;1-2/h13H,4-8,11H2,1-3H3;1-2H3. The number of hydrogen-bond acceptors (Lipinski definition) is 4. The van der Waals surface area contributed by atoms with Crippen LogP contribution in [0.15, 0.2) is 0 Å². The van der Waals surface area contributed by atoms with Gasteiger partial charge in [0, 0.05) is 26.2 Å². The van der Waals surface area contributed by atoms with Gasteiger partial charge in [0.25, 0.3) is 0 Å². The van der Waals surface area contributed by atoms with Crippen LogP contribution in [0.3, 0.4) is 0 Å². The fourth-order valence-corrected chi connectivity index (χ4v) is 1.04. The Hall–Kier alpha value is -0.810. The average Bonchev–Trinajstić information content (AvgIpc) is 2.24. The summed E-state index contributed by atoms with van der Waals surface area (Å²) in [6.45, 7) is 10.8. The first-order valence-electron chi connectivity index (χ1n) is 6.19. The van der Waals surface area contributed by atoms with Gasteiger partial charge in [0.1, 0.15) is 5.60 Å². The van der Waals surface area contributed by atoms with Gasteiger partial charge in [0.2, 0.25) is 0 Å². The molecule has 0 unspecified atom stereocenters. The third kappa shape index (κ3) is 11.5. The Bertz CT molecular complexity index is 191. The first-order valence-corrected chi connectivity index (χ1v) is 6.19. The van der Waals surface area contributed by atoms with Crippen molar-refractivity contribution in [1.82, 2.24) is 4.90 Å². The summed E-state index contributed by atoms with van der Waals surface area (Å²) in [7, 11) is 0. The lowest BCUT2D eigenvalue weighted by Gasteiger charge is -2.26. The lowest BCUT2D eigenvalue weighted by molar-refractivity contribution is 0.0246. The number of carbonyl (C=O) groups excluding carboxylic acids is 1. The van der Waals surface area contributed by atoms with Crippen LogP contribution in [-0.2, 0) is 4.74 Å². The van der Waals surface area contributed by atoms with E-state index in [0.29, 0.717) is 26.1 Å². The zero-order chi connectivity index (χ0) is 13.9. The Labute approximate surface area is 105 Å². The van der Waals surface area contributed by atoms with E-state index in [1.807, 2.05) is 34.6 Å². The van der Waals surface area contributed by atoms with E-state index in [2.05, 4.69) is 0 Å². The molecule has 0 radical (unpaired) electrons. The Balaban J connectivity index is 0. The SMILES string of the molecule is CC.CC(C)(C)OC(=O)N(CCN)CCCO. The van der Waals surface area contributed by atoms with Crippen LogP contribution in [0.25, 0.3) is 0 Å². The molecular weight excluding hydrogens is 220 g/mol. The fourth-order valence-electron chi connectivity index (χ4n) is 1.04. The highest BCUT2D eigenvalue weighted by Crippen LogP contribution is 2.09. The molecule has 0 aromatic rings. The Kier molecular flexibility index (Phi) is 11.3. The van der Waals surface area contributed by atoms with Gasteiger partial charge in [-0.1, -0.05) is 13.8 Å². The van der Waals surface area contributed by atoms with Crippen molar-refractivity contribution in [2.45, 2.75) is 46.6 Å². The first-order chi connectivity index (χ1) is 7.90. The van der Waals surface area contributed by atoms with E-state index in [9.17, 15) is 4.79 Å². The summed E-state index contributed by atoms with van der Waals surface area (Å²) >= 11 is 0. The van der Waals surface area contributed by atoms with Gasteiger partial charge in [-0.3, -0.25) is 0 Å². The fraction of sp³-hybridized carbons (Fsp3) is 0.917. The second-order valence-corrected chi connectivity index (χ2v) is 4.33. The lowest BCUT2D eigenvalue weighted by Crippen LogP contribution is -2.40. The molecular formula is C12H28N2O3. The maximum atomic E-state index is 11.6. The predicted octanol–water partition coefficient (Wildman–Crippen LogP) is 1.59. The Morgan fingerprint density at radius 1 is 1.29 bits per heavy atom. The Morgan fingerprint density at radius 2 is 1.82 bits per heavy atom. The van der Waals surface area contributed by atoms with Crippen LogP contribution >= 0.6 is 0 Å². The van der Waals surface area contributed by atoms with E-state index in [4.69, 9.17) is 15.6 Å². The lowest BCUT2D eigenvalue weighted by atomic mass is 10.2. The molecule has 1 amide bonds. The molecule has 0 atom stereocenters. The summed E-state index contributed by atoms with van der Waals surface area (Å²) in [6, 6.07) is 0. The van der Waals surface area contributed by atoms with E-state index in [1.54, 1.807) is 0 Å². The minimum atomic E-state index is -0.497. The molecule has 17 heavy (non-hydrogen) atoms. The molecule has 0 aromatic heterocycles. The largest absolute Gasteiger partial charge is 0.444 e. The van der Waals surface area contributed by atoms with Gasteiger partial charge in [-0.2, -0.15) is 0 Å². The molecule has 0 bridgehead atoms. The summed E-state index contributed by atoms with van der Waals surface area (Å²) in [6.07, 6.45) is 0.167. The van der Waals surface area contributed by atoms with Crippen LogP contribution in [0.2, 0.25) is 0 Å². The van der Waals surface area contributed by atoms with E-state index in [0.717, 1.165) is 0 Å². The third-order valence-corrected chi connectivity index (χ3v) is 1.64. The number of amides is 1. The highest BCUT2D eigenvalue weighted by molar-refractivity contribution is 5.68. The van der Waals surface area contributed by atoms with E-state index in [-0.39, 0.29) is 12.7 Å². The summed E-state index contributed by atoms with van der Waals surface area (Å²) in [5.41, 5.74) is 4.89. The van der Waals surface area contributed by atoms with E-state index >= 15 is 0 Å². The van der Waals surface area contributed by atoms with Crippen molar-refractivity contribution in [2.24, 2.45) is 5.73 Å². The molecule has 3 N–H and O–H groups in total. The van der Waals surface area contributed by atoms with Gasteiger partial charge in [-0.05, 0) is 27.2 Å². The normalized spacial score (nSPS) is 10.3. The summed E-state index contributed by atoms with van der Waals surface area (Å²) < 4.78 is 5.20. The molecule has 0 spiro atoms. The molecule has 0 saturated carbocycles. The number of carbonyl (C=O) groups is 1. The van der Waals surface area contributed by atoms with Crippen LogP contribution < -0.4 is 5.73 Å². The molecule has 5 nitrogen and oxygen atoms in total. The van der Waals surface area contributed by atoms with Crippen molar-refractivity contribution >= 4 is 6.09 Å². The highest BCUT2D eigenvalue weighted by Gasteiger charge is 2.20. The second kappa shape index (κ2) is 10.4. The molecule has 0 aromatic carbocycles. The number of aliphatic hydroxyl groups excluding tert-OH is 1. The molecule has 0 heterocycles. The van der Waals surface area contributed by atoms with Crippen molar-refractivity contribution in [3.05, 3.63) is 0 Å². The second-order valence-electron chi connectivity index (χ2n) is 4.33. The molecule has 0 saturated heterocycles. The maximum absolute atomic E-state index is 11.6. The van der Waals surface area contributed by atoms with Crippen LogP contribution in [-0.4, -0.2) is 47.9 Å². The number of rotatable bonds is 5. The smallest absolute Gasteiger partial charge is 0.410 e. The highest BCUT2D eigenvalue weighted by atomic mass is 16.6. The summed E-state index contributed by atoms with van der Waals surface area (Å²) in [5.74, 6) is 0. The van der Waals surface area contributed by atoms with Crippen LogP contribution in [0.1, 0.15) is 41.0 Å². The third-order valence-electron chi connectivity index (χ3n) is 1.64. The predicted molar refractivity (Wildman–Crippen MR) is 69.9 cm³/mol. The number of hydrogen-bond donors (Lipinski definition) is 2. The summed E-state index contributed by atoms with van der Waals surface area (Å²) in [5, 5.41) is 8.69. The van der Waals surface area contributed by atoms with Gasteiger partial charge >= 0.3 is 6.09 Å². The first kappa shape index (κ1) is 18.6. The number of nitrogens with zero attached hydrogens (tertiary/aromatic N) is 1. The number of nitrogens with two attached hydrogens (primary N) is 1. The maximum Gasteiger partial charge on any atom is 0.410 e. The molecule has 0 fully saturated rings. The van der Waals surface area contributed by atoms with Crippen LogP contribution in [0.4, 0.5) is 4.79 Å². The molecule has 5 heteroatoms. The molecule has 104 valence electrons. The van der Waals surface area contributed by atoms with Crippen molar-refractivity contribution in [3.8, 4) is 0 Å². The topological polar surface area (TPSA) is 75.8 Å². The van der Waals surface area contributed by atoms with Gasteiger partial charge in [0.05, 0.1) is 0 Å². The zero-order valence-corrected chi connectivity index (χ0v) is 11.8. The Morgan fingerprint density at radius 3 is 2.18 bits per heavy atom. The van der Waals surface area contributed by atoms with Crippen molar-refractivity contribution in [2.75, 3.05) is 26.2 Å². The van der Waals surface area contributed by atoms with Gasteiger partial charge in [-0.25, -0.2) is 4.79 Å². The van der Waals surface area contributed by atoms with E-state index in [1.165, 1.54) is 4.90 Å². The minimum absolute atomic E-state index is 0.0594. The molecule has 0 aliphatic heterocycles. The quantitative estimate of drug-likeness (QED) is 0.774. The molecule has 0 aliphatic rings. The van der Waals surface area contributed by atoms with E-state index < -0.39 is 5.60 Å². The minimum Gasteiger partial charge on any atom is -0.444 e. The number of ether oxygens (including phenoxy) is 1. The van der Waals surface area contributed by atoms with Crippen LogP contribution in [0, 0.1) is 0 Å². The van der Waals surface area contributed by atoms with Gasteiger partial charge in [-0.15, -0.1) is 0 Å². The number of aliphatic hydroxyl groups is 1. The van der Waals surface area contributed by atoms with Gasteiger partial charge in [0.15, 0.2) is 0 Å². The average molecular weight is 248 g/mol. The molecule has 0 rings (SSSR count). The summed E-state index contributed by atoms with van der Waals surface area (Å²) in [4.78, 5) is 13.1.